The summed E-state index contributed by atoms with van der Waals surface area (Å²) in [6.45, 7) is 5.09. The number of nitrogens with zero attached hydrogens (tertiary/aromatic N) is 1. The molecule has 2 aliphatic rings. The number of carboxylic acid groups (broad SMARTS) is 1. The highest BCUT2D eigenvalue weighted by Crippen LogP contribution is 2.50. The topological polar surface area (TPSA) is 142 Å². The van der Waals surface area contributed by atoms with Crippen molar-refractivity contribution in [2.45, 2.75) is 57.2 Å². The van der Waals surface area contributed by atoms with Crippen LogP contribution in [0.3, 0.4) is 0 Å². The molecule has 1 aromatic carbocycles. The van der Waals surface area contributed by atoms with E-state index in [2.05, 4.69) is 24.5 Å². The first-order valence-electron chi connectivity index (χ1n) is 11.1. The molecule has 32 heavy (non-hydrogen) atoms. The van der Waals surface area contributed by atoms with E-state index in [1.54, 1.807) is 4.90 Å². The third-order valence-corrected chi connectivity index (χ3v) is 6.50. The van der Waals surface area contributed by atoms with Crippen LogP contribution in [0.15, 0.2) is 30.3 Å². The molecule has 174 valence electrons. The lowest BCUT2D eigenvalue weighted by Crippen LogP contribution is -2.64. The van der Waals surface area contributed by atoms with Gasteiger partial charge in [0.05, 0.1) is 0 Å². The molecule has 0 radical (unpaired) electrons. The Morgan fingerprint density at radius 1 is 1.28 bits per heavy atom. The molecule has 1 aromatic rings. The van der Waals surface area contributed by atoms with Crippen LogP contribution in [0.4, 0.5) is 0 Å². The van der Waals surface area contributed by atoms with Gasteiger partial charge in [-0.05, 0) is 30.2 Å². The predicted molar refractivity (Wildman–Crippen MR) is 117 cm³/mol. The molecule has 1 saturated carbocycles. The van der Waals surface area contributed by atoms with Crippen LogP contribution < -0.4 is 16.4 Å². The van der Waals surface area contributed by atoms with Crippen molar-refractivity contribution in [3.8, 4) is 0 Å². The number of hydrogen-bond acceptors (Lipinski definition) is 5. The largest absolute Gasteiger partial charge is 0.480 e. The number of nitrogens with two attached hydrogens (primary N) is 1. The van der Waals surface area contributed by atoms with Gasteiger partial charge < -0.3 is 26.4 Å². The zero-order chi connectivity index (χ0) is 23.5. The Bertz CT molecular complexity index is 874. The molecule has 9 nitrogen and oxygen atoms in total. The second kappa shape index (κ2) is 9.68. The number of rotatable bonds is 10. The van der Waals surface area contributed by atoms with E-state index in [4.69, 9.17) is 5.73 Å². The quantitative estimate of drug-likeness (QED) is 0.408. The van der Waals surface area contributed by atoms with Gasteiger partial charge >= 0.3 is 5.97 Å². The molecule has 1 saturated heterocycles. The molecule has 3 rings (SSSR count). The number of primary amides is 1. The lowest BCUT2D eigenvalue weighted by atomic mass is 9.97. The smallest absolute Gasteiger partial charge is 0.326 e. The van der Waals surface area contributed by atoms with E-state index in [9.17, 15) is 24.3 Å². The molecule has 5 N–H and O–H groups in total. The minimum Gasteiger partial charge on any atom is -0.480 e. The van der Waals surface area contributed by atoms with Crippen LogP contribution in [0.25, 0.3) is 0 Å². The summed E-state index contributed by atoms with van der Waals surface area (Å²) >= 11 is 0. The maximum absolute atomic E-state index is 13.5. The Morgan fingerprint density at radius 2 is 1.97 bits per heavy atom. The number of carbonyl (C=O) groups excluding carboxylic acids is 3. The fraction of sp³-hybridized carbons (Fsp3) is 0.565. The molecule has 0 aromatic heterocycles. The van der Waals surface area contributed by atoms with Crippen LogP contribution in [0.2, 0.25) is 0 Å². The van der Waals surface area contributed by atoms with Gasteiger partial charge in [0.15, 0.2) is 0 Å². The molecule has 1 spiro atoms. The summed E-state index contributed by atoms with van der Waals surface area (Å²) in [5.41, 5.74) is 5.37. The summed E-state index contributed by atoms with van der Waals surface area (Å²) in [5.74, 6) is -2.00. The third-order valence-electron chi connectivity index (χ3n) is 6.50. The van der Waals surface area contributed by atoms with Crippen molar-refractivity contribution in [1.82, 2.24) is 15.5 Å². The highest BCUT2D eigenvalue weighted by atomic mass is 16.4. The number of carbonyl (C=O) groups is 4. The van der Waals surface area contributed by atoms with Crippen LogP contribution >= 0.6 is 0 Å². The van der Waals surface area contributed by atoms with Crippen LogP contribution in [-0.2, 0) is 25.6 Å². The molecule has 4 atom stereocenters. The van der Waals surface area contributed by atoms with Gasteiger partial charge in [0, 0.05) is 25.9 Å². The van der Waals surface area contributed by atoms with Gasteiger partial charge in [0.2, 0.25) is 17.7 Å². The van der Waals surface area contributed by atoms with E-state index in [0.29, 0.717) is 19.0 Å². The summed E-state index contributed by atoms with van der Waals surface area (Å²) in [7, 11) is 0. The Morgan fingerprint density at radius 3 is 2.53 bits per heavy atom. The SMILES string of the molecule is CC(C)C1CC12NCCN([C@@H](Cc1ccccc1)C(=O)N[C@@H](CCC(N)=O)C(=O)O)C2=O. The summed E-state index contributed by atoms with van der Waals surface area (Å²) in [5, 5.41) is 15.4. The molecule has 2 fully saturated rings. The highest BCUT2D eigenvalue weighted by Gasteiger charge is 2.63. The normalized spacial score (nSPS) is 24.3. The van der Waals surface area contributed by atoms with Crippen LogP contribution in [-0.4, -0.2) is 64.4 Å². The number of piperazine rings is 1. The van der Waals surface area contributed by atoms with Crippen molar-refractivity contribution in [3.63, 3.8) is 0 Å². The second-order valence-electron chi connectivity index (χ2n) is 9.06. The Hall–Kier alpha value is -2.94. The summed E-state index contributed by atoms with van der Waals surface area (Å²) < 4.78 is 0. The Labute approximate surface area is 187 Å². The molecule has 1 aliphatic carbocycles. The molecule has 2 unspecified atom stereocenters. The standard InChI is InChI=1S/C23H32N4O5/c1-14(2)16-13-23(16)22(32)27(11-10-25-23)18(12-15-6-4-3-5-7-15)20(29)26-17(21(30)31)8-9-19(24)28/h3-7,14,16-18,25H,8-13H2,1-2H3,(H2,24,28)(H,26,29)(H,30,31)/t16?,17-,18-,23?/m0/s1. The monoisotopic (exact) mass is 444 g/mol. The lowest BCUT2D eigenvalue weighted by molar-refractivity contribution is -0.147. The van der Waals surface area contributed by atoms with Crippen molar-refractivity contribution < 1.29 is 24.3 Å². The predicted octanol–water partition coefficient (Wildman–Crippen LogP) is 0.279. The van der Waals surface area contributed by atoms with Gasteiger partial charge in [-0.2, -0.15) is 0 Å². The van der Waals surface area contributed by atoms with Crippen LogP contribution in [0.5, 0.6) is 0 Å². The van der Waals surface area contributed by atoms with Gasteiger partial charge in [-0.15, -0.1) is 0 Å². The average molecular weight is 445 g/mol. The van der Waals surface area contributed by atoms with Crippen molar-refractivity contribution in [2.75, 3.05) is 13.1 Å². The first-order chi connectivity index (χ1) is 15.2. The molecule has 1 aliphatic heterocycles. The first-order valence-corrected chi connectivity index (χ1v) is 11.1. The molecule has 1 heterocycles. The zero-order valence-corrected chi connectivity index (χ0v) is 18.5. The number of benzene rings is 1. The minimum atomic E-state index is -1.26. The van der Waals surface area contributed by atoms with E-state index in [0.717, 1.165) is 12.0 Å². The summed E-state index contributed by atoms with van der Waals surface area (Å²) in [6, 6.07) is 7.21. The number of amides is 3. The van der Waals surface area contributed by atoms with E-state index in [1.165, 1.54) is 0 Å². The molecular formula is C23H32N4O5. The van der Waals surface area contributed by atoms with E-state index in [-0.39, 0.29) is 31.1 Å². The first kappa shape index (κ1) is 23.7. The van der Waals surface area contributed by atoms with Gasteiger partial charge in [0.25, 0.3) is 0 Å². The van der Waals surface area contributed by atoms with E-state index >= 15 is 0 Å². The van der Waals surface area contributed by atoms with Crippen LogP contribution in [0.1, 0.15) is 38.7 Å². The van der Waals surface area contributed by atoms with Gasteiger partial charge in [-0.25, -0.2) is 4.79 Å². The fourth-order valence-electron chi connectivity index (χ4n) is 4.67. The van der Waals surface area contributed by atoms with E-state index in [1.807, 2.05) is 30.3 Å². The fourth-order valence-corrected chi connectivity index (χ4v) is 4.67. The molecular weight excluding hydrogens is 412 g/mol. The molecule has 3 amide bonds. The highest BCUT2D eigenvalue weighted by molar-refractivity contribution is 5.96. The zero-order valence-electron chi connectivity index (χ0n) is 18.5. The minimum absolute atomic E-state index is 0.108. The summed E-state index contributed by atoms with van der Waals surface area (Å²) in [4.78, 5) is 51.1. The van der Waals surface area contributed by atoms with Crippen molar-refractivity contribution >= 4 is 23.7 Å². The lowest BCUT2D eigenvalue weighted by Gasteiger charge is -2.39. The third kappa shape index (κ3) is 5.09. The van der Waals surface area contributed by atoms with Gasteiger partial charge in [-0.3, -0.25) is 14.4 Å². The van der Waals surface area contributed by atoms with Gasteiger partial charge in [0.1, 0.15) is 17.6 Å². The number of hydrogen-bond donors (Lipinski definition) is 4. The maximum Gasteiger partial charge on any atom is 0.326 e. The van der Waals surface area contributed by atoms with Crippen LogP contribution in [0, 0.1) is 11.8 Å². The maximum atomic E-state index is 13.5. The average Bonchev–Trinajstić information content (AvgIpc) is 3.47. The molecule has 0 bridgehead atoms. The Balaban J connectivity index is 1.83. The number of nitrogens with one attached hydrogen (secondary N) is 2. The van der Waals surface area contributed by atoms with E-state index < -0.39 is 35.4 Å². The van der Waals surface area contributed by atoms with Crippen molar-refractivity contribution in [2.24, 2.45) is 17.6 Å². The van der Waals surface area contributed by atoms with Crippen molar-refractivity contribution in [1.29, 1.82) is 0 Å². The Kier molecular flexibility index (Phi) is 7.18. The van der Waals surface area contributed by atoms with Crippen molar-refractivity contribution in [3.05, 3.63) is 35.9 Å². The number of carboxylic acids is 1. The second-order valence-corrected chi connectivity index (χ2v) is 9.06. The van der Waals surface area contributed by atoms with Gasteiger partial charge in [-0.1, -0.05) is 44.2 Å². The molecule has 9 heteroatoms. The number of aliphatic carboxylic acids is 1. The summed E-state index contributed by atoms with van der Waals surface area (Å²) in [6.07, 6.45) is 0.731.